The second-order valence-electron chi connectivity index (χ2n) is 6.15. The van der Waals surface area contributed by atoms with E-state index in [1.807, 2.05) is 6.92 Å². The molecule has 1 heterocycles. The average molecular weight is 209 g/mol. The Labute approximate surface area is 92.7 Å². The third kappa shape index (κ3) is 2.16. The predicted molar refractivity (Wildman–Crippen MR) is 65.1 cm³/mol. The monoisotopic (exact) mass is 209 g/mol. The van der Waals surface area contributed by atoms with Gasteiger partial charge >= 0.3 is 0 Å². The quantitative estimate of drug-likeness (QED) is 0.714. The summed E-state index contributed by atoms with van der Waals surface area (Å²) in [4.78, 5) is 4.59. The van der Waals surface area contributed by atoms with Crippen molar-refractivity contribution < 1.29 is 0 Å². The normalized spacial score (nSPS) is 13.3. The van der Waals surface area contributed by atoms with E-state index in [0.29, 0.717) is 0 Å². The minimum atomic E-state index is -0.00926. The molecule has 0 radical (unpaired) electrons. The van der Waals surface area contributed by atoms with E-state index in [1.54, 1.807) is 0 Å². The fraction of sp³-hybridized carbons (Fsp3) is 0.750. The first kappa shape index (κ1) is 12.1. The third-order valence-corrected chi connectivity index (χ3v) is 2.46. The molecule has 0 unspecified atom stereocenters. The molecule has 3 nitrogen and oxygen atoms in total. The molecular formula is C12H23N3. The van der Waals surface area contributed by atoms with E-state index in [2.05, 4.69) is 51.1 Å². The summed E-state index contributed by atoms with van der Waals surface area (Å²) in [6.07, 6.45) is 0. The van der Waals surface area contributed by atoms with Crippen molar-refractivity contribution in [3.05, 3.63) is 11.5 Å². The van der Waals surface area contributed by atoms with Crippen LogP contribution in [0.3, 0.4) is 0 Å². The molecule has 1 aromatic rings. The van der Waals surface area contributed by atoms with Gasteiger partial charge in [0, 0.05) is 11.0 Å². The van der Waals surface area contributed by atoms with Gasteiger partial charge in [0.2, 0.25) is 0 Å². The maximum atomic E-state index is 6.18. The van der Waals surface area contributed by atoms with E-state index in [1.165, 1.54) is 0 Å². The number of nitrogens with two attached hydrogens (primary N) is 1. The van der Waals surface area contributed by atoms with Crippen molar-refractivity contribution in [3.63, 3.8) is 0 Å². The molecular weight excluding hydrogens is 186 g/mol. The predicted octanol–water partition coefficient (Wildman–Crippen LogP) is 2.83. The highest BCUT2D eigenvalue weighted by atomic mass is 15.2. The first-order valence-electron chi connectivity index (χ1n) is 5.41. The van der Waals surface area contributed by atoms with Gasteiger partial charge in [-0.2, -0.15) is 0 Å². The Bertz CT molecular complexity index is 361. The average Bonchev–Trinajstić information content (AvgIpc) is 2.22. The highest BCUT2D eigenvalue weighted by Gasteiger charge is 2.27. The molecule has 15 heavy (non-hydrogen) atoms. The summed E-state index contributed by atoms with van der Waals surface area (Å²) >= 11 is 0. The standard InChI is InChI=1S/C12H23N3/c1-8-14-9(11(2,3)4)10(13)15(8)12(5,6)7/h13H2,1-7H3. The third-order valence-electron chi connectivity index (χ3n) is 2.46. The first-order valence-corrected chi connectivity index (χ1v) is 5.41. The number of imidazole rings is 1. The zero-order valence-corrected chi connectivity index (χ0v) is 11.0. The van der Waals surface area contributed by atoms with E-state index < -0.39 is 0 Å². The summed E-state index contributed by atoms with van der Waals surface area (Å²) in [5.41, 5.74) is 7.17. The largest absolute Gasteiger partial charge is 0.384 e. The second kappa shape index (κ2) is 3.26. The minimum absolute atomic E-state index is 0.00530. The van der Waals surface area contributed by atoms with E-state index in [0.717, 1.165) is 17.3 Å². The van der Waals surface area contributed by atoms with E-state index in [9.17, 15) is 0 Å². The molecule has 3 heteroatoms. The first-order chi connectivity index (χ1) is 6.55. The lowest BCUT2D eigenvalue weighted by molar-refractivity contribution is 0.393. The van der Waals surface area contributed by atoms with E-state index >= 15 is 0 Å². The molecule has 0 bridgehead atoms. The lowest BCUT2D eigenvalue weighted by Crippen LogP contribution is -2.25. The summed E-state index contributed by atoms with van der Waals surface area (Å²) in [5.74, 6) is 1.79. The summed E-state index contributed by atoms with van der Waals surface area (Å²) in [6, 6.07) is 0. The van der Waals surface area contributed by atoms with Crippen molar-refractivity contribution in [2.24, 2.45) is 0 Å². The lowest BCUT2D eigenvalue weighted by atomic mass is 9.92. The van der Waals surface area contributed by atoms with Crippen LogP contribution in [-0.4, -0.2) is 9.55 Å². The zero-order chi connectivity index (χ0) is 12.0. The van der Waals surface area contributed by atoms with Gasteiger partial charge in [-0.3, -0.25) is 0 Å². The molecule has 1 rings (SSSR count). The summed E-state index contributed by atoms with van der Waals surface area (Å²) in [7, 11) is 0. The van der Waals surface area contributed by atoms with Gasteiger partial charge in [0.05, 0.1) is 5.69 Å². The number of nitrogen functional groups attached to an aromatic ring is 1. The van der Waals surface area contributed by atoms with Crippen LogP contribution in [0.5, 0.6) is 0 Å². The number of aryl methyl sites for hydroxylation is 1. The van der Waals surface area contributed by atoms with Crippen LogP contribution in [0.2, 0.25) is 0 Å². The lowest BCUT2D eigenvalue weighted by Gasteiger charge is -2.25. The molecule has 86 valence electrons. The number of nitrogens with zero attached hydrogens (tertiary/aromatic N) is 2. The van der Waals surface area contributed by atoms with Crippen LogP contribution in [0.1, 0.15) is 53.1 Å². The number of anilines is 1. The summed E-state index contributed by atoms with van der Waals surface area (Å²) in [6.45, 7) is 14.9. The minimum Gasteiger partial charge on any atom is -0.384 e. The Balaban J connectivity index is 3.41. The van der Waals surface area contributed by atoms with Crippen LogP contribution < -0.4 is 5.73 Å². The molecule has 0 spiro atoms. The number of aromatic nitrogens is 2. The molecule has 0 aliphatic heterocycles. The summed E-state index contributed by atoms with van der Waals surface area (Å²) in [5, 5.41) is 0. The highest BCUT2D eigenvalue weighted by Crippen LogP contribution is 2.31. The van der Waals surface area contributed by atoms with Gasteiger partial charge in [0.15, 0.2) is 0 Å². The van der Waals surface area contributed by atoms with Gasteiger partial charge in [-0.05, 0) is 27.7 Å². The van der Waals surface area contributed by atoms with Crippen molar-refractivity contribution in [2.45, 2.75) is 59.4 Å². The number of hydrogen-bond acceptors (Lipinski definition) is 2. The van der Waals surface area contributed by atoms with E-state index in [-0.39, 0.29) is 11.0 Å². The Hall–Kier alpha value is -0.990. The van der Waals surface area contributed by atoms with Crippen molar-refractivity contribution in [1.29, 1.82) is 0 Å². The Morgan fingerprint density at radius 1 is 1.07 bits per heavy atom. The molecule has 0 amide bonds. The van der Waals surface area contributed by atoms with Gasteiger partial charge in [0.1, 0.15) is 11.6 Å². The fourth-order valence-corrected chi connectivity index (χ4v) is 1.95. The SMILES string of the molecule is Cc1nc(C(C)(C)C)c(N)n1C(C)(C)C. The Kier molecular flexibility index (Phi) is 2.62. The molecule has 0 aromatic carbocycles. The van der Waals surface area contributed by atoms with Gasteiger partial charge in [-0.15, -0.1) is 0 Å². The van der Waals surface area contributed by atoms with Gasteiger partial charge in [0.25, 0.3) is 0 Å². The van der Waals surface area contributed by atoms with Crippen LogP contribution >= 0.6 is 0 Å². The molecule has 2 N–H and O–H groups in total. The van der Waals surface area contributed by atoms with Gasteiger partial charge in [-0.25, -0.2) is 4.98 Å². The fourth-order valence-electron chi connectivity index (χ4n) is 1.95. The van der Waals surface area contributed by atoms with Crippen molar-refractivity contribution in [1.82, 2.24) is 9.55 Å². The molecule has 0 fully saturated rings. The molecule has 0 saturated heterocycles. The second-order valence-corrected chi connectivity index (χ2v) is 6.15. The highest BCUT2D eigenvalue weighted by molar-refractivity contribution is 5.43. The molecule has 0 atom stereocenters. The van der Waals surface area contributed by atoms with Crippen molar-refractivity contribution in [2.75, 3.05) is 5.73 Å². The van der Waals surface area contributed by atoms with Gasteiger partial charge in [-0.1, -0.05) is 20.8 Å². The Morgan fingerprint density at radius 2 is 1.53 bits per heavy atom. The van der Waals surface area contributed by atoms with Crippen LogP contribution in [0, 0.1) is 6.92 Å². The smallest absolute Gasteiger partial charge is 0.127 e. The molecule has 0 aliphatic carbocycles. The van der Waals surface area contributed by atoms with E-state index in [4.69, 9.17) is 5.73 Å². The topological polar surface area (TPSA) is 43.8 Å². The van der Waals surface area contributed by atoms with Crippen molar-refractivity contribution >= 4 is 5.82 Å². The maximum absolute atomic E-state index is 6.18. The van der Waals surface area contributed by atoms with Crippen LogP contribution in [0.25, 0.3) is 0 Å². The molecule has 0 saturated carbocycles. The van der Waals surface area contributed by atoms with Gasteiger partial charge < -0.3 is 10.3 Å². The van der Waals surface area contributed by atoms with Crippen LogP contribution in [0.15, 0.2) is 0 Å². The summed E-state index contributed by atoms with van der Waals surface area (Å²) < 4.78 is 2.10. The zero-order valence-electron chi connectivity index (χ0n) is 11.0. The number of hydrogen-bond donors (Lipinski definition) is 1. The van der Waals surface area contributed by atoms with Crippen LogP contribution in [0.4, 0.5) is 5.82 Å². The van der Waals surface area contributed by atoms with Crippen molar-refractivity contribution in [3.8, 4) is 0 Å². The maximum Gasteiger partial charge on any atom is 0.127 e. The number of rotatable bonds is 0. The van der Waals surface area contributed by atoms with Crippen LogP contribution in [-0.2, 0) is 11.0 Å². The molecule has 1 aromatic heterocycles. The molecule has 0 aliphatic rings. The Morgan fingerprint density at radius 3 is 1.73 bits per heavy atom.